The summed E-state index contributed by atoms with van der Waals surface area (Å²) in [6.45, 7) is 0.889. The van der Waals surface area contributed by atoms with Crippen LogP contribution in [0, 0.1) is 0 Å². The predicted molar refractivity (Wildman–Crippen MR) is 86.3 cm³/mol. The lowest BCUT2D eigenvalue weighted by molar-refractivity contribution is -0.132. The molecule has 2 fully saturated rings. The Balaban J connectivity index is 1.71. The van der Waals surface area contributed by atoms with E-state index in [9.17, 15) is 0 Å². The van der Waals surface area contributed by atoms with Crippen molar-refractivity contribution in [3.63, 3.8) is 0 Å². The van der Waals surface area contributed by atoms with Crippen LogP contribution in [-0.4, -0.2) is 30.3 Å². The van der Waals surface area contributed by atoms with E-state index in [1.807, 2.05) is 12.1 Å². The third-order valence-corrected chi connectivity index (χ3v) is 5.07. The van der Waals surface area contributed by atoms with Gasteiger partial charge in [0.1, 0.15) is 4.99 Å². The quantitative estimate of drug-likeness (QED) is 0.869. The smallest absolute Gasteiger partial charge is 0.103 e. The molecule has 0 radical (unpaired) electrons. The molecule has 0 amide bonds. The molecular weight excluding hydrogens is 268 g/mol. The van der Waals surface area contributed by atoms with Crippen LogP contribution >= 0.6 is 12.2 Å². The summed E-state index contributed by atoms with van der Waals surface area (Å²) in [5, 5.41) is 0. The fraction of sp³-hybridized carbons (Fsp3) is 0.562. The summed E-state index contributed by atoms with van der Waals surface area (Å²) in [4.78, 5) is 2.84. The second kappa shape index (κ2) is 5.34. The molecule has 4 heteroatoms. The van der Waals surface area contributed by atoms with Crippen LogP contribution in [0.25, 0.3) is 0 Å². The van der Waals surface area contributed by atoms with Crippen molar-refractivity contribution in [1.82, 2.24) is 0 Å². The number of nitrogens with two attached hydrogens (primary N) is 1. The maximum atomic E-state index is 6.01. The van der Waals surface area contributed by atoms with E-state index in [1.165, 1.54) is 24.9 Å². The molecule has 1 aromatic rings. The maximum absolute atomic E-state index is 6.01. The topological polar surface area (TPSA) is 38.5 Å². The van der Waals surface area contributed by atoms with Gasteiger partial charge in [0.15, 0.2) is 0 Å². The molecule has 20 heavy (non-hydrogen) atoms. The Morgan fingerprint density at radius 2 is 2.05 bits per heavy atom. The van der Waals surface area contributed by atoms with Gasteiger partial charge in [-0.3, -0.25) is 0 Å². The number of rotatable bonds is 3. The van der Waals surface area contributed by atoms with Crippen LogP contribution in [0.1, 0.15) is 37.7 Å². The zero-order valence-electron chi connectivity index (χ0n) is 12.0. The summed E-state index contributed by atoms with van der Waals surface area (Å²) in [6, 6.07) is 8.80. The number of hydrogen-bond acceptors (Lipinski definition) is 3. The highest BCUT2D eigenvalue weighted by atomic mass is 32.1. The van der Waals surface area contributed by atoms with Crippen LogP contribution in [0.4, 0.5) is 5.69 Å². The Morgan fingerprint density at radius 3 is 2.60 bits per heavy atom. The molecule has 1 aliphatic heterocycles. The molecule has 1 heterocycles. The molecular formula is C16H22N2OS. The molecule has 1 aromatic carbocycles. The van der Waals surface area contributed by atoms with Gasteiger partial charge in [0.2, 0.25) is 0 Å². The van der Waals surface area contributed by atoms with Crippen molar-refractivity contribution in [3.05, 3.63) is 29.8 Å². The molecule has 1 aliphatic carbocycles. The number of anilines is 1. The van der Waals surface area contributed by atoms with Gasteiger partial charge in [0.05, 0.1) is 5.60 Å². The molecule has 3 rings (SSSR count). The molecule has 2 N–H and O–H groups in total. The lowest BCUT2D eigenvalue weighted by Gasteiger charge is -2.49. The fourth-order valence-corrected chi connectivity index (χ4v) is 3.46. The van der Waals surface area contributed by atoms with E-state index in [2.05, 4.69) is 24.1 Å². The lowest BCUT2D eigenvalue weighted by atomic mass is 9.73. The Hall–Kier alpha value is -1.13. The van der Waals surface area contributed by atoms with Gasteiger partial charge in [-0.25, -0.2) is 0 Å². The number of ether oxygens (including phenoxy) is 1. The number of nitrogens with zero attached hydrogens (tertiary/aromatic N) is 1. The van der Waals surface area contributed by atoms with E-state index in [0.29, 0.717) is 11.0 Å². The second-order valence-electron chi connectivity index (χ2n) is 6.05. The Bertz CT molecular complexity index is 496. The van der Waals surface area contributed by atoms with Crippen LogP contribution in [-0.2, 0) is 4.74 Å². The Kier molecular flexibility index (Phi) is 3.69. The van der Waals surface area contributed by atoms with Gasteiger partial charge < -0.3 is 15.4 Å². The minimum absolute atomic E-state index is 0.190. The normalized spacial score (nSPS) is 24.1. The minimum atomic E-state index is 0.190. The molecule has 1 saturated carbocycles. The van der Waals surface area contributed by atoms with Crippen molar-refractivity contribution in [3.8, 4) is 0 Å². The Morgan fingerprint density at radius 1 is 1.35 bits per heavy atom. The van der Waals surface area contributed by atoms with Gasteiger partial charge >= 0.3 is 0 Å². The first-order chi connectivity index (χ1) is 9.60. The summed E-state index contributed by atoms with van der Waals surface area (Å²) < 4.78 is 6.01. The first-order valence-corrected chi connectivity index (χ1v) is 7.77. The standard InChI is InChI=1S/C16H22N2OS/c1-18(13-5-3-12(4-6-13)15(17)20)14-7-10-19-16(11-14)8-2-9-16/h3-6,14H,2,7-11H2,1H3,(H2,17,20). The van der Waals surface area contributed by atoms with E-state index in [0.717, 1.165) is 25.0 Å². The summed E-state index contributed by atoms with van der Waals surface area (Å²) in [7, 11) is 2.18. The second-order valence-corrected chi connectivity index (χ2v) is 6.49. The van der Waals surface area contributed by atoms with Crippen molar-refractivity contribution in [1.29, 1.82) is 0 Å². The predicted octanol–water partition coefficient (Wildman–Crippen LogP) is 2.86. The molecule has 0 bridgehead atoms. The van der Waals surface area contributed by atoms with Gasteiger partial charge in [-0.15, -0.1) is 0 Å². The minimum Gasteiger partial charge on any atom is -0.389 e. The van der Waals surface area contributed by atoms with Gasteiger partial charge in [-0.1, -0.05) is 12.2 Å². The van der Waals surface area contributed by atoms with E-state index in [4.69, 9.17) is 22.7 Å². The fourth-order valence-electron chi connectivity index (χ4n) is 3.32. The SMILES string of the molecule is CN(c1ccc(C(N)=S)cc1)C1CCOC2(CCC2)C1. The highest BCUT2D eigenvalue weighted by Crippen LogP contribution is 2.43. The van der Waals surface area contributed by atoms with Gasteiger partial charge in [0.25, 0.3) is 0 Å². The van der Waals surface area contributed by atoms with Crippen molar-refractivity contribution < 1.29 is 4.74 Å². The zero-order valence-corrected chi connectivity index (χ0v) is 12.8. The summed E-state index contributed by atoms with van der Waals surface area (Å²) >= 11 is 5.00. The van der Waals surface area contributed by atoms with Gasteiger partial charge in [0, 0.05) is 30.9 Å². The molecule has 3 nitrogen and oxygen atoms in total. The van der Waals surface area contributed by atoms with Crippen LogP contribution in [0.5, 0.6) is 0 Å². The van der Waals surface area contributed by atoms with Gasteiger partial charge in [-0.05, 0) is 56.4 Å². The van der Waals surface area contributed by atoms with Crippen LogP contribution in [0.2, 0.25) is 0 Å². The van der Waals surface area contributed by atoms with E-state index < -0.39 is 0 Å². The van der Waals surface area contributed by atoms with Crippen molar-refractivity contribution in [2.45, 2.75) is 43.7 Å². The summed E-state index contributed by atoms with van der Waals surface area (Å²) in [6.07, 6.45) is 6.05. The van der Waals surface area contributed by atoms with Gasteiger partial charge in [-0.2, -0.15) is 0 Å². The first kappa shape index (κ1) is 13.8. The molecule has 108 valence electrons. The van der Waals surface area contributed by atoms with E-state index in [1.54, 1.807) is 0 Å². The number of hydrogen-bond donors (Lipinski definition) is 1. The number of benzene rings is 1. The third kappa shape index (κ3) is 2.54. The average molecular weight is 290 g/mol. The summed E-state index contributed by atoms with van der Waals surface area (Å²) in [5.74, 6) is 0. The lowest BCUT2D eigenvalue weighted by Crippen LogP contribution is -2.51. The van der Waals surface area contributed by atoms with Crippen molar-refractivity contribution in [2.75, 3.05) is 18.6 Å². The largest absolute Gasteiger partial charge is 0.389 e. The molecule has 2 aliphatic rings. The van der Waals surface area contributed by atoms with Crippen molar-refractivity contribution >= 4 is 22.9 Å². The monoisotopic (exact) mass is 290 g/mol. The molecule has 1 atom stereocenters. The van der Waals surface area contributed by atoms with E-state index >= 15 is 0 Å². The summed E-state index contributed by atoms with van der Waals surface area (Å²) in [5.41, 5.74) is 7.99. The molecule has 1 saturated heterocycles. The Labute approximate surface area is 126 Å². The molecule has 1 unspecified atom stereocenters. The number of thiocarbonyl (C=S) groups is 1. The van der Waals surface area contributed by atoms with Crippen LogP contribution in [0.3, 0.4) is 0 Å². The van der Waals surface area contributed by atoms with Crippen LogP contribution < -0.4 is 10.6 Å². The average Bonchev–Trinajstić information content (AvgIpc) is 2.45. The highest BCUT2D eigenvalue weighted by Gasteiger charge is 2.43. The van der Waals surface area contributed by atoms with Crippen molar-refractivity contribution in [2.24, 2.45) is 5.73 Å². The van der Waals surface area contributed by atoms with E-state index in [-0.39, 0.29) is 5.60 Å². The third-order valence-electron chi connectivity index (χ3n) is 4.84. The van der Waals surface area contributed by atoms with Crippen LogP contribution in [0.15, 0.2) is 24.3 Å². The zero-order chi connectivity index (χ0) is 14.2. The maximum Gasteiger partial charge on any atom is 0.103 e. The highest BCUT2D eigenvalue weighted by molar-refractivity contribution is 7.80. The molecule has 0 aromatic heterocycles. The first-order valence-electron chi connectivity index (χ1n) is 7.36. The molecule has 1 spiro atoms.